The highest BCUT2D eigenvalue weighted by molar-refractivity contribution is 5.77. The summed E-state index contributed by atoms with van der Waals surface area (Å²) in [5.41, 5.74) is -0.408. The van der Waals surface area contributed by atoms with E-state index in [9.17, 15) is 14.3 Å². The molecule has 1 aliphatic carbocycles. The lowest BCUT2D eigenvalue weighted by molar-refractivity contribution is -0.157. The van der Waals surface area contributed by atoms with Gasteiger partial charge < -0.3 is 10.4 Å². The molecular formula is C13H16FNO2. The highest BCUT2D eigenvalue weighted by Gasteiger charge is 2.51. The first kappa shape index (κ1) is 12.0. The third-order valence-electron chi connectivity index (χ3n) is 3.73. The molecule has 1 aromatic carbocycles. The maximum atomic E-state index is 13.7. The van der Waals surface area contributed by atoms with E-state index in [2.05, 4.69) is 5.32 Å². The van der Waals surface area contributed by atoms with Gasteiger partial charge in [0.15, 0.2) is 0 Å². The molecule has 0 heterocycles. The van der Waals surface area contributed by atoms with Gasteiger partial charge in [0.25, 0.3) is 0 Å². The summed E-state index contributed by atoms with van der Waals surface area (Å²) in [7, 11) is 1.68. The van der Waals surface area contributed by atoms with Crippen molar-refractivity contribution < 1.29 is 14.3 Å². The standard InChI is InChI=1S/C13H16FNO2/c1-15-11(9-5-2-3-6-10(9)14)13(12(16)17)7-4-8-13/h2-3,5-6,11,15H,4,7-8H2,1H3,(H,16,17). The van der Waals surface area contributed by atoms with Gasteiger partial charge in [-0.1, -0.05) is 24.6 Å². The molecule has 0 amide bonds. The molecule has 1 aromatic rings. The van der Waals surface area contributed by atoms with Crippen molar-refractivity contribution in [3.05, 3.63) is 35.6 Å². The number of hydrogen-bond donors (Lipinski definition) is 2. The molecule has 2 N–H and O–H groups in total. The van der Waals surface area contributed by atoms with Gasteiger partial charge in [0.2, 0.25) is 0 Å². The Kier molecular flexibility index (Phi) is 3.15. The normalized spacial score (nSPS) is 19.4. The van der Waals surface area contributed by atoms with Crippen LogP contribution in [0.5, 0.6) is 0 Å². The fraction of sp³-hybridized carbons (Fsp3) is 0.462. The summed E-state index contributed by atoms with van der Waals surface area (Å²) in [5, 5.41) is 12.3. The predicted octanol–water partition coefficient (Wildman–Crippen LogP) is 2.34. The lowest BCUT2D eigenvalue weighted by Crippen LogP contribution is -2.48. The molecule has 1 saturated carbocycles. The molecule has 4 heteroatoms. The molecule has 2 rings (SSSR count). The first-order chi connectivity index (χ1) is 8.12. The molecule has 17 heavy (non-hydrogen) atoms. The van der Waals surface area contributed by atoms with Crippen LogP contribution < -0.4 is 5.32 Å². The number of benzene rings is 1. The first-order valence-electron chi connectivity index (χ1n) is 5.77. The van der Waals surface area contributed by atoms with Crippen LogP contribution in [0.3, 0.4) is 0 Å². The number of rotatable bonds is 4. The van der Waals surface area contributed by atoms with Crippen LogP contribution in [0, 0.1) is 11.2 Å². The van der Waals surface area contributed by atoms with Gasteiger partial charge in [-0.15, -0.1) is 0 Å². The van der Waals surface area contributed by atoms with Crippen molar-refractivity contribution in [1.82, 2.24) is 5.32 Å². The maximum absolute atomic E-state index is 13.7. The monoisotopic (exact) mass is 237 g/mol. The summed E-state index contributed by atoms with van der Waals surface area (Å²) in [5.74, 6) is -1.19. The van der Waals surface area contributed by atoms with Crippen LogP contribution in [0.25, 0.3) is 0 Å². The average Bonchev–Trinajstić information content (AvgIpc) is 2.24. The Morgan fingerprint density at radius 3 is 2.53 bits per heavy atom. The van der Waals surface area contributed by atoms with E-state index in [-0.39, 0.29) is 5.82 Å². The minimum absolute atomic E-state index is 0.348. The summed E-state index contributed by atoms with van der Waals surface area (Å²) in [4.78, 5) is 11.4. The molecule has 1 unspecified atom stereocenters. The first-order valence-corrected chi connectivity index (χ1v) is 5.77. The average molecular weight is 237 g/mol. The second kappa shape index (κ2) is 4.45. The highest BCUT2D eigenvalue weighted by atomic mass is 19.1. The zero-order valence-electron chi connectivity index (χ0n) is 9.74. The van der Waals surface area contributed by atoms with E-state index in [4.69, 9.17) is 0 Å². The van der Waals surface area contributed by atoms with Gasteiger partial charge in [0, 0.05) is 5.56 Å². The van der Waals surface area contributed by atoms with E-state index in [1.54, 1.807) is 25.2 Å². The third kappa shape index (κ3) is 1.82. The van der Waals surface area contributed by atoms with Crippen LogP contribution in [0.4, 0.5) is 4.39 Å². The Labute approximate surface area is 99.7 Å². The largest absolute Gasteiger partial charge is 0.481 e. The minimum Gasteiger partial charge on any atom is -0.481 e. The second-order valence-electron chi connectivity index (χ2n) is 4.56. The molecule has 1 aliphatic rings. The lowest BCUT2D eigenvalue weighted by atomic mass is 9.62. The quantitative estimate of drug-likeness (QED) is 0.845. The Hall–Kier alpha value is -1.42. The summed E-state index contributed by atoms with van der Waals surface area (Å²) < 4.78 is 13.7. The SMILES string of the molecule is CNC(c1ccccc1F)C1(C(=O)O)CCC1. The molecule has 92 valence electrons. The molecule has 0 spiro atoms. The smallest absolute Gasteiger partial charge is 0.311 e. The molecule has 1 fully saturated rings. The van der Waals surface area contributed by atoms with E-state index in [1.807, 2.05) is 0 Å². The van der Waals surface area contributed by atoms with E-state index >= 15 is 0 Å². The van der Waals surface area contributed by atoms with Gasteiger partial charge in [-0.3, -0.25) is 4.79 Å². The van der Waals surface area contributed by atoms with Crippen LogP contribution in [0.15, 0.2) is 24.3 Å². The van der Waals surface area contributed by atoms with Crippen LogP contribution in [-0.2, 0) is 4.79 Å². The number of aliphatic carboxylic acids is 1. The number of nitrogens with one attached hydrogen (secondary N) is 1. The van der Waals surface area contributed by atoms with Crippen LogP contribution in [0.2, 0.25) is 0 Å². The van der Waals surface area contributed by atoms with Gasteiger partial charge in [0.05, 0.1) is 11.5 Å². The van der Waals surface area contributed by atoms with E-state index in [0.717, 1.165) is 6.42 Å². The Balaban J connectivity index is 2.40. The fourth-order valence-electron chi connectivity index (χ4n) is 2.62. The molecular weight excluding hydrogens is 221 g/mol. The van der Waals surface area contributed by atoms with Crippen LogP contribution >= 0.6 is 0 Å². The summed E-state index contributed by atoms with van der Waals surface area (Å²) >= 11 is 0. The zero-order valence-corrected chi connectivity index (χ0v) is 9.74. The third-order valence-corrected chi connectivity index (χ3v) is 3.73. The number of carboxylic acid groups (broad SMARTS) is 1. The molecule has 0 aromatic heterocycles. The Bertz CT molecular complexity index is 429. The van der Waals surface area contributed by atoms with E-state index < -0.39 is 17.4 Å². The van der Waals surface area contributed by atoms with Crippen molar-refractivity contribution in [3.8, 4) is 0 Å². The Morgan fingerprint density at radius 2 is 2.12 bits per heavy atom. The molecule has 1 atom stereocenters. The summed E-state index contributed by atoms with van der Waals surface area (Å²) in [6.07, 6.45) is 2.09. The van der Waals surface area contributed by atoms with Crippen molar-refractivity contribution in [2.45, 2.75) is 25.3 Å². The maximum Gasteiger partial charge on any atom is 0.311 e. The minimum atomic E-state index is -0.850. The molecule has 0 bridgehead atoms. The fourth-order valence-corrected chi connectivity index (χ4v) is 2.62. The van der Waals surface area contributed by atoms with Gasteiger partial charge in [-0.25, -0.2) is 4.39 Å². The van der Waals surface area contributed by atoms with Gasteiger partial charge in [0.1, 0.15) is 5.82 Å². The number of hydrogen-bond acceptors (Lipinski definition) is 2. The topological polar surface area (TPSA) is 49.3 Å². The molecule has 0 saturated heterocycles. The number of carbonyl (C=O) groups is 1. The van der Waals surface area contributed by atoms with Gasteiger partial charge in [-0.2, -0.15) is 0 Å². The summed E-state index contributed by atoms with van der Waals surface area (Å²) in [6.45, 7) is 0. The molecule has 3 nitrogen and oxygen atoms in total. The predicted molar refractivity (Wildman–Crippen MR) is 62.1 cm³/mol. The number of carboxylic acids is 1. The zero-order chi connectivity index (χ0) is 12.5. The molecule has 0 aliphatic heterocycles. The number of halogens is 1. The van der Waals surface area contributed by atoms with Crippen LogP contribution in [-0.4, -0.2) is 18.1 Å². The van der Waals surface area contributed by atoms with Crippen molar-refractivity contribution in [2.75, 3.05) is 7.05 Å². The van der Waals surface area contributed by atoms with Crippen LogP contribution in [0.1, 0.15) is 30.9 Å². The van der Waals surface area contributed by atoms with Crippen molar-refractivity contribution in [2.24, 2.45) is 5.41 Å². The van der Waals surface area contributed by atoms with Gasteiger partial charge >= 0.3 is 5.97 Å². The highest BCUT2D eigenvalue weighted by Crippen LogP contribution is 2.50. The second-order valence-corrected chi connectivity index (χ2v) is 4.56. The van der Waals surface area contributed by atoms with E-state index in [0.29, 0.717) is 18.4 Å². The van der Waals surface area contributed by atoms with Crippen molar-refractivity contribution >= 4 is 5.97 Å². The Morgan fingerprint density at radius 1 is 1.47 bits per heavy atom. The van der Waals surface area contributed by atoms with Crippen molar-refractivity contribution in [1.29, 1.82) is 0 Å². The van der Waals surface area contributed by atoms with Gasteiger partial charge in [-0.05, 0) is 26.0 Å². The lowest BCUT2D eigenvalue weighted by Gasteiger charge is -2.44. The molecule has 0 radical (unpaired) electrons. The summed E-state index contributed by atoms with van der Waals surface area (Å²) in [6, 6.07) is 5.90. The van der Waals surface area contributed by atoms with Crippen molar-refractivity contribution in [3.63, 3.8) is 0 Å². The van der Waals surface area contributed by atoms with E-state index in [1.165, 1.54) is 6.07 Å².